The third-order valence-corrected chi connectivity index (χ3v) is 4.55. The molecule has 2 aliphatic rings. The van der Waals surface area contributed by atoms with Gasteiger partial charge in [-0.05, 0) is 37.8 Å². The van der Waals surface area contributed by atoms with E-state index in [9.17, 15) is 4.79 Å². The highest BCUT2D eigenvalue weighted by molar-refractivity contribution is 5.77. The first-order valence-corrected chi connectivity index (χ1v) is 7.59. The summed E-state index contributed by atoms with van der Waals surface area (Å²) >= 11 is 0. The van der Waals surface area contributed by atoms with Crippen LogP contribution in [0.2, 0.25) is 0 Å². The van der Waals surface area contributed by atoms with Gasteiger partial charge in [-0.15, -0.1) is 0 Å². The Kier molecular flexibility index (Phi) is 5.40. The van der Waals surface area contributed by atoms with E-state index < -0.39 is 0 Å². The van der Waals surface area contributed by atoms with Gasteiger partial charge in [-0.3, -0.25) is 4.79 Å². The highest BCUT2D eigenvalue weighted by Gasteiger charge is 2.32. The molecule has 2 rings (SSSR count). The third kappa shape index (κ3) is 4.32. The van der Waals surface area contributed by atoms with Crippen LogP contribution < -0.4 is 16.4 Å². The van der Waals surface area contributed by atoms with Gasteiger partial charge in [0.15, 0.2) is 0 Å². The molecule has 0 bridgehead atoms. The van der Waals surface area contributed by atoms with Crippen molar-refractivity contribution in [2.45, 2.75) is 44.9 Å². The molecule has 0 aromatic heterocycles. The molecule has 0 aromatic rings. The molecule has 4 nitrogen and oxygen atoms in total. The molecule has 1 heterocycles. The Bertz CT molecular complexity index is 332. The van der Waals surface area contributed by atoms with E-state index in [1.165, 1.54) is 24.8 Å². The van der Waals surface area contributed by atoms with Crippen molar-refractivity contribution in [1.82, 2.24) is 10.6 Å². The van der Waals surface area contributed by atoms with Crippen molar-refractivity contribution in [1.29, 1.82) is 0 Å². The van der Waals surface area contributed by atoms with Crippen LogP contribution >= 0.6 is 0 Å². The average Bonchev–Trinajstić information content (AvgIpc) is 2.47. The molecule has 1 saturated carbocycles. The lowest BCUT2D eigenvalue weighted by Crippen LogP contribution is -2.39. The molecule has 1 amide bonds. The molecule has 0 saturated heterocycles. The summed E-state index contributed by atoms with van der Waals surface area (Å²) in [5.41, 5.74) is 7.35. The van der Waals surface area contributed by atoms with Crippen molar-refractivity contribution in [3.05, 3.63) is 11.6 Å². The summed E-state index contributed by atoms with van der Waals surface area (Å²) in [6, 6.07) is 0. The molecule has 1 aliphatic heterocycles. The van der Waals surface area contributed by atoms with Gasteiger partial charge in [0.2, 0.25) is 5.91 Å². The van der Waals surface area contributed by atoms with Crippen molar-refractivity contribution >= 4 is 5.91 Å². The SMILES string of the molecule is NCC1(CC(=O)NCC2=CCNCC2)CCCCC1. The zero-order valence-corrected chi connectivity index (χ0v) is 11.8. The quantitative estimate of drug-likeness (QED) is 0.657. The Hall–Kier alpha value is -0.870. The topological polar surface area (TPSA) is 67.2 Å². The van der Waals surface area contributed by atoms with Crippen molar-refractivity contribution in [3.63, 3.8) is 0 Å². The summed E-state index contributed by atoms with van der Waals surface area (Å²) in [6.45, 7) is 3.31. The smallest absolute Gasteiger partial charge is 0.220 e. The van der Waals surface area contributed by atoms with E-state index in [0.717, 1.165) is 32.4 Å². The Morgan fingerprint density at radius 2 is 2.16 bits per heavy atom. The van der Waals surface area contributed by atoms with E-state index in [1.807, 2.05) is 0 Å². The summed E-state index contributed by atoms with van der Waals surface area (Å²) in [5.74, 6) is 0.173. The number of hydrogen-bond donors (Lipinski definition) is 3. The van der Waals surface area contributed by atoms with Gasteiger partial charge in [0.05, 0.1) is 0 Å². The molecule has 0 aromatic carbocycles. The molecular weight excluding hydrogens is 238 g/mol. The number of hydrogen-bond acceptors (Lipinski definition) is 3. The molecule has 4 N–H and O–H groups in total. The van der Waals surface area contributed by atoms with Gasteiger partial charge in [-0.1, -0.05) is 30.9 Å². The zero-order chi connectivity index (χ0) is 13.6. The van der Waals surface area contributed by atoms with E-state index in [2.05, 4.69) is 16.7 Å². The van der Waals surface area contributed by atoms with Crippen molar-refractivity contribution in [3.8, 4) is 0 Å². The van der Waals surface area contributed by atoms with Gasteiger partial charge in [-0.2, -0.15) is 0 Å². The minimum atomic E-state index is 0.0742. The number of nitrogens with two attached hydrogens (primary N) is 1. The van der Waals surface area contributed by atoms with Crippen LogP contribution in [0.5, 0.6) is 0 Å². The molecule has 4 heteroatoms. The first-order chi connectivity index (χ1) is 9.24. The fraction of sp³-hybridized carbons (Fsp3) is 0.800. The molecular formula is C15H27N3O. The number of amides is 1. The molecule has 1 fully saturated rings. The van der Waals surface area contributed by atoms with Crippen LogP contribution in [0, 0.1) is 5.41 Å². The van der Waals surface area contributed by atoms with Crippen LogP contribution in [0.15, 0.2) is 11.6 Å². The second-order valence-corrected chi connectivity index (χ2v) is 6.03. The first kappa shape index (κ1) is 14.5. The maximum Gasteiger partial charge on any atom is 0.220 e. The van der Waals surface area contributed by atoms with Gasteiger partial charge >= 0.3 is 0 Å². The van der Waals surface area contributed by atoms with Gasteiger partial charge in [0.1, 0.15) is 0 Å². The predicted molar refractivity (Wildman–Crippen MR) is 77.8 cm³/mol. The average molecular weight is 265 g/mol. The Balaban J connectivity index is 1.77. The minimum absolute atomic E-state index is 0.0742. The number of carbonyl (C=O) groups is 1. The minimum Gasteiger partial charge on any atom is -0.352 e. The first-order valence-electron chi connectivity index (χ1n) is 7.59. The molecule has 0 spiro atoms. The van der Waals surface area contributed by atoms with E-state index >= 15 is 0 Å². The van der Waals surface area contributed by atoms with Crippen LogP contribution in [-0.4, -0.2) is 32.1 Å². The third-order valence-electron chi connectivity index (χ3n) is 4.55. The molecule has 19 heavy (non-hydrogen) atoms. The van der Waals surface area contributed by atoms with Crippen molar-refractivity contribution in [2.75, 3.05) is 26.2 Å². The summed E-state index contributed by atoms with van der Waals surface area (Å²) in [5, 5.41) is 6.35. The van der Waals surface area contributed by atoms with E-state index in [1.54, 1.807) is 0 Å². The summed E-state index contributed by atoms with van der Waals surface area (Å²) in [6.07, 6.45) is 9.80. The molecule has 0 unspecified atom stereocenters. The molecule has 0 radical (unpaired) electrons. The molecule has 0 atom stereocenters. The Labute approximate surface area is 116 Å². The Morgan fingerprint density at radius 1 is 1.37 bits per heavy atom. The van der Waals surface area contributed by atoms with E-state index in [0.29, 0.717) is 19.5 Å². The number of carbonyl (C=O) groups excluding carboxylic acids is 1. The van der Waals surface area contributed by atoms with Crippen LogP contribution in [0.4, 0.5) is 0 Å². The summed E-state index contributed by atoms with van der Waals surface area (Å²) in [7, 11) is 0. The van der Waals surface area contributed by atoms with Gasteiger partial charge in [-0.25, -0.2) is 0 Å². The van der Waals surface area contributed by atoms with E-state index in [-0.39, 0.29) is 11.3 Å². The molecule has 108 valence electrons. The standard InChI is InChI=1S/C15H27N3O/c16-12-15(6-2-1-3-7-15)10-14(19)18-11-13-4-8-17-9-5-13/h4,17H,1-3,5-12,16H2,(H,18,19). The van der Waals surface area contributed by atoms with Crippen LogP contribution in [0.1, 0.15) is 44.9 Å². The highest BCUT2D eigenvalue weighted by Crippen LogP contribution is 2.38. The lowest BCUT2D eigenvalue weighted by atomic mass is 9.71. The number of nitrogens with one attached hydrogen (secondary N) is 2. The van der Waals surface area contributed by atoms with Crippen LogP contribution in [-0.2, 0) is 4.79 Å². The number of rotatable bonds is 5. The van der Waals surface area contributed by atoms with Gasteiger partial charge in [0.25, 0.3) is 0 Å². The normalized spacial score (nSPS) is 22.7. The van der Waals surface area contributed by atoms with Gasteiger partial charge in [0, 0.05) is 19.5 Å². The van der Waals surface area contributed by atoms with Crippen LogP contribution in [0.3, 0.4) is 0 Å². The van der Waals surface area contributed by atoms with E-state index in [4.69, 9.17) is 5.73 Å². The highest BCUT2D eigenvalue weighted by atomic mass is 16.1. The maximum absolute atomic E-state index is 12.1. The lowest BCUT2D eigenvalue weighted by molar-refractivity contribution is -0.123. The van der Waals surface area contributed by atoms with Crippen molar-refractivity contribution < 1.29 is 4.79 Å². The second kappa shape index (κ2) is 7.06. The monoisotopic (exact) mass is 265 g/mol. The maximum atomic E-state index is 12.1. The lowest BCUT2D eigenvalue weighted by Gasteiger charge is -2.35. The largest absolute Gasteiger partial charge is 0.352 e. The fourth-order valence-electron chi connectivity index (χ4n) is 3.20. The predicted octanol–water partition coefficient (Wildman–Crippen LogP) is 1.32. The van der Waals surface area contributed by atoms with Crippen molar-refractivity contribution in [2.24, 2.45) is 11.1 Å². The fourth-order valence-corrected chi connectivity index (χ4v) is 3.20. The van der Waals surface area contributed by atoms with Crippen LogP contribution in [0.25, 0.3) is 0 Å². The Morgan fingerprint density at radius 3 is 2.79 bits per heavy atom. The second-order valence-electron chi connectivity index (χ2n) is 6.03. The molecule has 1 aliphatic carbocycles. The summed E-state index contributed by atoms with van der Waals surface area (Å²) < 4.78 is 0. The van der Waals surface area contributed by atoms with Gasteiger partial charge < -0.3 is 16.4 Å². The summed E-state index contributed by atoms with van der Waals surface area (Å²) in [4.78, 5) is 12.1. The zero-order valence-electron chi connectivity index (χ0n) is 11.8.